The third-order valence-electron chi connectivity index (χ3n) is 4.02. The molecule has 0 bridgehead atoms. The minimum Gasteiger partial charge on any atom is -0.475 e. The molecule has 1 aliphatic heterocycles. The Labute approximate surface area is 185 Å². The van der Waals surface area contributed by atoms with Gasteiger partial charge in [-0.2, -0.15) is 13.2 Å². The molecule has 0 saturated carbocycles. The Morgan fingerprint density at radius 1 is 1.31 bits per heavy atom. The molecule has 0 aromatic carbocycles. The van der Waals surface area contributed by atoms with Gasteiger partial charge in [-0.1, -0.05) is 0 Å². The first-order valence-electron chi connectivity index (χ1n) is 9.29. The quantitative estimate of drug-likeness (QED) is 0.209. The summed E-state index contributed by atoms with van der Waals surface area (Å²) < 4.78 is 54.8. The number of nitrogens with one attached hydrogen (secondary N) is 2. The maximum atomic E-state index is 12.9. The second-order valence-corrected chi connectivity index (χ2v) is 6.19. The van der Waals surface area contributed by atoms with E-state index in [1.165, 1.54) is 12.3 Å². The first kappa shape index (κ1) is 25.7. The van der Waals surface area contributed by atoms with E-state index in [-0.39, 0.29) is 43.2 Å². The van der Waals surface area contributed by atoms with Crippen LogP contribution >= 0.6 is 24.0 Å². The minimum atomic E-state index is -4.50. The highest BCUT2D eigenvalue weighted by molar-refractivity contribution is 14.0. The van der Waals surface area contributed by atoms with E-state index in [1.54, 1.807) is 7.05 Å². The van der Waals surface area contributed by atoms with Crippen LogP contribution in [0.5, 0.6) is 5.88 Å². The number of nitrogens with zero attached hydrogens (tertiary/aromatic N) is 2. The van der Waals surface area contributed by atoms with Crippen molar-refractivity contribution in [3.8, 4) is 5.88 Å². The van der Waals surface area contributed by atoms with Crippen molar-refractivity contribution < 1.29 is 27.4 Å². The van der Waals surface area contributed by atoms with E-state index in [0.29, 0.717) is 25.7 Å². The molecule has 0 aliphatic carbocycles. The van der Waals surface area contributed by atoms with Crippen LogP contribution in [0.3, 0.4) is 0 Å². The van der Waals surface area contributed by atoms with Gasteiger partial charge in [-0.15, -0.1) is 24.0 Å². The highest BCUT2D eigenvalue weighted by Crippen LogP contribution is 2.34. The molecule has 2 heterocycles. The van der Waals surface area contributed by atoms with Crippen molar-refractivity contribution in [3.05, 3.63) is 23.9 Å². The SMILES string of the molecule is CN=C(NCCCOCC1CCCO1)NCCOc1ncccc1C(F)(F)F.I. The zero-order chi connectivity index (χ0) is 20.2. The number of pyridine rings is 1. The fraction of sp³-hybridized carbons (Fsp3) is 0.667. The van der Waals surface area contributed by atoms with Crippen molar-refractivity contribution in [2.24, 2.45) is 4.99 Å². The van der Waals surface area contributed by atoms with E-state index >= 15 is 0 Å². The fourth-order valence-electron chi connectivity index (χ4n) is 2.63. The molecule has 7 nitrogen and oxygen atoms in total. The summed E-state index contributed by atoms with van der Waals surface area (Å²) in [6.45, 7) is 3.02. The summed E-state index contributed by atoms with van der Waals surface area (Å²) in [5.41, 5.74) is -0.888. The van der Waals surface area contributed by atoms with Crippen LogP contribution in [0, 0.1) is 0 Å². The van der Waals surface area contributed by atoms with Gasteiger partial charge in [-0.3, -0.25) is 4.99 Å². The number of alkyl halides is 3. The zero-order valence-electron chi connectivity index (χ0n) is 16.3. The standard InChI is InChI=1S/C18H27F3N4O3.HI/c1-22-17(24-8-4-10-26-13-14-5-3-11-27-14)25-9-12-28-16-15(18(19,20)21)6-2-7-23-16;/h2,6-7,14H,3-5,8-13H2,1H3,(H2,22,24,25);1H. The normalized spacial score (nSPS) is 17.0. The van der Waals surface area contributed by atoms with Crippen LogP contribution < -0.4 is 15.4 Å². The van der Waals surface area contributed by atoms with Crippen LogP contribution in [-0.4, -0.2) is 63.6 Å². The van der Waals surface area contributed by atoms with E-state index < -0.39 is 17.6 Å². The Balaban J connectivity index is 0.00000420. The van der Waals surface area contributed by atoms with E-state index in [4.69, 9.17) is 14.2 Å². The first-order valence-corrected chi connectivity index (χ1v) is 9.29. The van der Waals surface area contributed by atoms with Crippen LogP contribution in [0.15, 0.2) is 23.3 Å². The van der Waals surface area contributed by atoms with Crippen molar-refractivity contribution in [2.75, 3.05) is 46.6 Å². The van der Waals surface area contributed by atoms with Gasteiger partial charge in [0.05, 0.1) is 19.3 Å². The average Bonchev–Trinajstić information content (AvgIpc) is 3.19. The number of ether oxygens (including phenoxy) is 3. The molecular formula is C18H28F3IN4O3. The number of halogens is 4. The molecule has 1 aliphatic rings. The second kappa shape index (κ2) is 13.8. The summed E-state index contributed by atoms with van der Waals surface area (Å²) in [4.78, 5) is 7.70. The Bertz CT molecular complexity index is 614. The highest BCUT2D eigenvalue weighted by Gasteiger charge is 2.34. The molecule has 0 amide bonds. The van der Waals surface area contributed by atoms with E-state index in [1.807, 2.05) is 0 Å². The van der Waals surface area contributed by atoms with Crippen LogP contribution in [-0.2, 0) is 15.7 Å². The molecule has 1 aromatic rings. The third-order valence-corrected chi connectivity index (χ3v) is 4.02. The van der Waals surface area contributed by atoms with Gasteiger partial charge in [0.25, 0.3) is 0 Å². The Morgan fingerprint density at radius 3 is 2.79 bits per heavy atom. The van der Waals surface area contributed by atoms with Crippen molar-refractivity contribution in [3.63, 3.8) is 0 Å². The molecule has 1 unspecified atom stereocenters. The number of aromatic nitrogens is 1. The zero-order valence-corrected chi connectivity index (χ0v) is 18.7. The molecule has 2 N–H and O–H groups in total. The molecule has 0 spiro atoms. The highest BCUT2D eigenvalue weighted by atomic mass is 127. The van der Waals surface area contributed by atoms with E-state index in [2.05, 4.69) is 20.6 Å². The molecule has 1 saturated heterocycles. The predicted molar refractivity (Wildman–Crippen MR) is 114 cm³/mol. The molecule has 11 heteroatoms. The Hall–Kier alpha value is -1.34. The Morgan fingerprint density at radius 2 is 2.10 bits per heavy atom. The predicted octanol–water partition coefficient (Wildman–Crippen LogP) is 2.85. The van der Waals surface area contributed by atoms with Gasteiger partial charge in [-0.25, -0.2) is 4.98 Å². The maximum absolute atomic E-state index is 12.9. The van der Waals surface area contributed by atoms with Gasteiger partial charge in [0.1, 0.15) is 12.2 Å². The summed E-state index contributed by atoms with van der Waals surface area (Å²) in [6, 6.07) is 2.17. The second-order valence-electron chi connectivity index (χ2n) is 6.19. The van der Waals surface area contributed by atoms with Gasteiger partial charge < -0.3 is 24.8 Å². The van der Waals surface area contributed by atoms with Gasteiger partial charge in [-0.05, 0) is 31.4 Å². The third kappa shape index (κ3) is 9.81. The molecule has 2 rings (SSSR count). The first-order chi connectivity index (χ1) is 13.5. The number of guanidine groups is 1. The lowest BCUT2D eigenvalue weighted by Crippen LogP contribution is -2.40. The number of aliphatic imine (C=N–C) groups is 1. The Kier molecular flexibility index (Phi) is 12.2. The van der Waals surface area contributed by atoms with Gasteiger partial charge in [0.15, 0.2) is 5.96 Å². The summed E-state index contributed by atoms with van der Waals surface area (Å²) in [7, 11) is 1.62. The number of rotatable bonds is 10. The van der Waals surface area contributed by atoms with Gasteiger partial charge in [0.2, 0.25) is 5.88 Å². The molecular weight excluding hydrogens is 504 g/mol. The van der Waals surface area contributed by atoms with E-state index in [9.17, 15) is 13.2 Å². The van der Waals surface area contributed by atoms with Crippen molar-refractivity contribution in [2.45, 2.75) is 31.5 Å². The summed E-state index contributed by atoms with van der Waals surface area (Å²) >= 11 is 0. The molecule has 29 heavy (non-hydrogen) atoms. The summed E-state index contributed by atoms with van der Waals surface area (Å²) in [5, 5.41) is 6.09. The molecule has 1 atom stereocenters. The van der Waals surface area contributed by atoms with Gasteiger partial charge in [0, 0.05) is 33.0 Å². The average molecular weight is 532 g/mol. The van der Waals surface area contributed by atoms with E-state index in [0.717, 1.165) is 31.9 Å². The summed E-state index contributed by atoms with van der Waals surface area (Å²) in [6.07, 6.45) is -0.0643. The smallest absolute Gasteiger partial charge is 0.421 e. The maximum Gasteiger partial charge on any atom is 0.421 e. The molecule has 166 valence electrons. The fourth-order valence-corrected chi connectivity index (χ4v) is 2.63. The molecule has 1 aromatic heterocycles. The van der Waals surface area contributed by atoms with Crippen molar-refractivity contribution in [1.82, 2.24) is 15.6 Å². The largest absolute Gasteiger partial charge is 0.475 e. The monoisotopic (exact) mass is 532 g/mol. The lowest BCUT2D eigenvalue weighted by Gasteiger charge is -2.14. The lowest BCUT2D eigenvalue weighted by molar-refractivity contribution is -0.139. The summed E-state index contributed by atoms with van der Waals surface area (Å²) in [5.74, 6) is 0.114. The van der Waals surface area contributed by atoms with Crippen LogP contribution in [0.1, 0.15) is 24.8 Å². The lowest BCUT2D eigenvalue weighted by atomic mass is 10.2. The van der Waals surface area contributed by atoms with Crippen molar-refractivity contribution >= 4 is 29.9 Å². The van der Waals surface area contributed by atoms with Gasteiger partial charge >= 0.3 is 6.18 Å². The molecule has 0 radical (unpaired) electrons. The van der Waals surface area contributed by atoms with Crippen molar-refractivity contribution in [1.29, 1.82) is 0 Å². The topological polar surface area (TPSA) is 77.0 Å². The minimum absolute atomic E-state index is 0. The van der Waals surface area contributed by atoms with Crippen LogP contribution in [0.2, 0.25) is 0 Å². The number of hydrogen-bond donors (Lipinski definition) is 2. The van der Waals surface area contributed by atoms with Crippen LogP contribution in [0.4, 0.5) is 13.2 Å². The number of hydrogen-bond acceptors (Lipinski definition) is 5. The van der Waals surface area contributed by atoms with Crippen LogP contribution in [0.25, 0.3) is 0 Å². The molecule has 1 fully saturated rings.